The zero-order chi connectivity index (χ0) is 18.1. The van der Waals surface area contributed by atoms with E-state index >= 15 is 0 Å². The maximum atomic E-state index is 4.62. The Morgan fingerprint density at radius 3 is 2.80 bits per heavy atom. The summed E-state index contributed by atoms with van der Waals surface area (Å²) >= 11 is 1.64. The van der Waals surface area contributed by atoms with E-state index in [0.717, 1.165) is 55.1 Å². The van der Waals surface area contributed by atoms with E-state index in [9.17, 15) is 0 Å². The smallest absolute Gasteiger partial charge is 0.191 e. The minimum atomic E-state index is 0.591. The van der Waals surface area contributed by atoms with Crippen molar-refractivity contribution in [3.8, 4) is 0 Å². The predicted octanol–water partition coefficient (Wildman–Crippen LogP) is 2.25. The van der Waals surface area contributed by atoms with Crippen LogP contribution in [0.2, 0.25) is 0 Å². The summed E-state index contributed by atoms with van der Waals surface area (Å²) in [5.74, 6) is 1.92. The normalized spacial score (nSPS) is 11.6. The highest BCUT2D eigenvalue weighted by Crippen LogP contribution is 2.18. The quantitative estimate of drug-likeness (QED) is 0.406. The lowest BCUT2D eigenvalue weighted by Gasteiger charge is -2.11. The van der Waals surface area contributed by atoms with Gasteiger partial charge in [-0.2, -0.15) is 0 Å². The zero-order valence-electron chi connectivity index (χ0n) is 15.6. The van der Waals surface area contributed by atoms with Gasteiger partial charge in [0, 0.05) is 51.5 Å². The van der Waals surface area contributed by atoms with Crippen LogP contribution in [0, 0.1) is 6.92 Å². The van der Waals surface area contributed by atoms with E-state index in [2.05, 4.69) is 42.5 Å². The van der Waals surface area contributed by atoms with Gasteiger partial charge in [0.1, 0.15) is 5.82 Å². The van der Waals surface area contributed by atoms with E-state index in [1.807, 2.05) is 38.3 Å². The number of rotatable bonds is 9. The fourth-order valence-corrected chi connectivity index (χ4v) is 3.08. The molecule has 2 aromatic rings. The molecule has 25 heavy (non-hydrogen) atoms. The van der Waals surface area contributed by atoms with Crippen LogP contribution >= 0.6 is 11.3 Å². The first-order valence-corrected chi connectivity index (χ1v) is 9.59. The molecular formula is C17H29N7S. The number of anilines is 1. The molecule has 0 saturated carbocycles. The van der Waals surface area contributed by atoms with Gasteiger partial charge in [-0.25, -0.2) is 15.0 Å². The third-order valence-corrected chi connectivity index (χ3v) is 4.76. The number of guanidine groups is 1. The van der Waals surface area contributed by atoms with E-state index in [4.69, 9.17) is 0 Å². The first-order chi connectivity index (χ1) is 12.1. The van der Waals surface area contributed by atoms with Gasteiger partial charge in [-0.1, -0.05) is 0 Å². The van der Waals surface area contributed by atoms with Gasteiger partial charge < -0.3 is 20.1 Å². The Bertz CT molecular complexity index is 660. The minimum absolute atomic E-state index is 0.591. The molecule has 0 radical (unpaired) electrons. The van der Waals surface area contributed by atoms with E-state index < -0.39 is 0 Å². The van der Waals surface area contributed by atoms with Gasteiger partial charge in [0.25, 0.3) is 0 Å². The molecule has 2 aromatic heterocycles. The van der Waals surface area contributed by atoms with Crippen molar-refractivity contribution in [3.63, 3.8) is 0 Å². The van der Waals surface area contributed by atoms with Crippen LogP contribution in [0.5, 0.6) is 0 Å². The van der Waals surface area contributed by atoms with Crippen LogP contribution in [-0.2, 0) is 13.1 Å². The van der Waals surface area contributed by atoms with Crippen molar-refractivity contribution < 1.29 is 0 Å². The molecule has 0 fully saturated rings. The topological polar surface area (TPSA) is 70.4 Å². The monoisotopic (exact) mass is 363 g/mol. The Morgan fingerprint density at radius 1 is 1.32 bits per heavy atom. The van der Waals surface area contributed by atoms with Crippen LogP contribution in [0.4, 0.5) is 5.13 Å². The van der Waals surface area contributed by atoms with Crippen molar-refractivity contribution in [1.82, 2.24) is 25.2 Å². The Labute approximate surface area is 154 Å². The summed E-state index contributed by atoms with van der Waals surface area (Å²) in [7, 11) is 4.01. The van der Waals surface area contributed by atoms with Gasteiger partial charge in [-0.05, 0) is 26.7 Å². The van der Waals surface area contributed by atoms with Crippen LogP contribution in [-0.4, -0.2) is 47.7 Å². The summed E-state index contributed by atoms with van der Waals surface area (Å²) in [5, 5.41) is 9.76. The molecule has 8 heteroatoms. The van der Waals surface area contributed by atoms with Crippen LogP contribution < -0.4 is 15.5 Å². The van der Waals surface area contributed by atoms with Gasteiger partial charge in [-0.3, -0.25) is 0 Å². The summed E-state index contributed by atoms with van der Waals surface area (Å²) < 4.78 is 2.18. The average molecular weight is 364 g/mol. The van der Waals surface area contributed by atoms with Gasteiger partial charge >= 0.3 is 0 Å². The number of hydrogen-bond acceptors (Lipinski definition) is 5. The van der Waals surface area contributed by atoms with Gasteiger partial charge in [0.15, 0.2) is 11.1 Å². The highest BCUT2D eigenvalue weighted by Gasteiger charge is 2.04. The highest BCUT2D eigenvalue weighted by atomic mass is 32.1. The molecular weight excluding hydrogens is 334 g/mol. The number of aromatic nitrogens is 3. The molecule has 7 nitrogen and oxygen atoms in total. The lowest BCUT2D eigenvalue weighted by molar-refractivity contribution is 0.588. The molecule has 0 unspecified atom stereocenters. The molecule has 2 heterocycles. The molecule has 0 amide bonds. The Balaban J connectivity index is 1.74. The van der Waals surface area contributed by atoms with Crippen molar-refractivity contribution in [2.45, 2.75) is 39.8 Å². The minimum Gasteiger partial charge on any atom is -0.357 e. The Kier molecular flexibility index (Phi) is 7.72. The number of nitrogens with zero attached hydrogens (tertiary/aromatic N) is 5. The fraction of sp³-hybridized carbons (Fsp3) is 0.588. The van der Waals surface area contributed by atoms with Crippen molar-refractivity contribution >= 4 is 22.4 Å². The van der Waals surface area contributed by atoms with Crippen LogP contribution in [0.25, 0.3) is 0 Å². The van der Waals surface area contributed by atoms with E-state index in [1.54, 1.807) is 11.3 Å². The second-order valence-corrected chi connectivity index (χ2v) is 6.85. The van der Waals surface area contributed by atoms with Gasteiger partial charge in [-0.15, -0.1) is 11.3 Å². The van der Waals surface area contributed by atoms with Crippen molar-refractivity contribution in [3.05, 3.63) is 29.3 Å². The molecule has 0 aliphatic heterocycles. The highest BCUT2D eigenvalue weighted by molar-refractivity contribution is 7.13. The Hall–Kier alpha value is -2.09. The molecule has 138 valence electrons. The van der Waals surface area contributed by atoms with E-state index in [1.165, 1.54) is 0 Å². The van der Waals surface area contributed by atoms with Crippen molar-refractivity contribution in [1.29, 1.82) is 0 Å². The number of thiazole rings is 1. The summed E-state index contributed by atoms with van der Waals surface area (Å²) in [6.07, 6.45) is 6.08. The first-order valence-electron chi connectivity index (χ1n) is 8.71. The fourth-order valence-electron chi connectivity index (χ4n) is 2.33. The largest absolute Gasteiger partial charge is 0.357 e. The molecule has 0 saturated heterocycles. The summed E-state index contributed by atoms with van der Waals surface area (Å²) in [6, 6.07) is 0. The first kappa shape index (κ1) is 19.2. The van der Waals surface area contributed by atoms with Crippen LogP contribution in [0.15, 0.2) is 22.8 Å². The lowest BCUT2D eigenvalue weighted by Crippen LogP contribution is -2.37. The number of aliphatic imine (C=N–C) groups is 1. The molecule has 0 atom stereocenters. The molecule has 0 aliphatic carbocycles. The molecule has 0 aromatic carbocycles. The number of aryl methyl sites for hydroxylation is 2. The number of hydrogen-bond donors (Lipinski definition) is 2. The van der Waals surface area contributed by atoms with Gasteiger partial charge in [0.2, 0.25) is 0 Å². The standard InChI is InChI=1S/C17H29N7S/c1-5-18-16(21-12-15-13-25-17(22-15)23(3)4)20-8-6-7-10-24-11-9-19-14(24)2/h9,11,13H,5-8,10,12H2,1-4H3,(H2,18,20,21). The number of unbranched alkanes of at least 4 members (excludes halogenated alkanes) is 1. The second-order valence-electron chi connectivity index (χ2n) is 6.01. The third-order valence-electron chi connectivity index (χ3n) is 3.71. The molecule has 2 N–H and O–H groups in total. The lowest BCUT2D eigenvalue weighted by atomic mass is 10.3. The molecule has 0 spiro atoms. The van der Waals surface area contributed by atoms with E-state index in [0.29, 0.717) is 6.54 Å². The summed E-state index contributed by atoms with van der Waals surface area (Å²) in [5.41, 5.74) is 1.00. The van der Waals surface area contributed by atoms with Crippen LogP contribution in [0.3, 0.4) is 0 Å². The molecule has 0 bridgehead atoms. The summed E-state index contributed by atoms with van der Waals surface area (Å²) in [6.45, 7) is 7.46. The molecule has 0 aliphatic rings. The van der Waals surface area contributed by atoms with E-state index in [-0.39, 0.29) is 0 Å². The number of nitrogens with one attached hydrogen (secondary N) is 2. The second kappa shape index (κ2) is 10.0. The van der Waals surface area contributed by atoms with Gasteiger partial charge in [0.05, 0.1) is 12.2 Å². The van der Waals surface area contributed by atoms with Crippen LogP contribution in [0.1, 0.15) is 31.3 Å². The average Bonchev–Trinajstić information content (AvgIpc) is 3.21. The zero-order valence-corrected chi connectivity index (χ0v) is 16.4. The van der Waals surface area contributed by atoms with Crippen molar-refractivity contribution in [2.24, 2.45) is 4.99 Å². The SMILES string of the molecule is CCNC(=NCc1csc(N(C)C)n1)NCCCCn1ccnc1C. The maximum Gasteiger partial charge on any atom is 0.191 e. The number of imidazole rings is 1. The Morgan fingerprint density at radius 2 is 2.16 bits per heavy atom. The third kappa shape index (κ3) is 6.38. The predicted molar refractivity (Wildman–Crippen MR) is 105 cm³/mol. The van der Waals surface area contributed by atoms with Crippen molar-refractivity contribution in [2.75, 3.05) is 32.1 Å². The maximum absolute atomic E-state index is 4.62. The summed E-state index contributed by atoms with van der Waals surface area (Å²) in [4.78, 5) is 15.4. The molecule has 2 rings (SSSR count).